The summed E-state index contributed by atoms with van der Waals surface area (Å²) in [5.74, 6) is 0.746. The SMILES string of the molecule is C[C@@H]1CN(C(=O)NCc2ncnn2C(C)(C)C)C[C@@]2(CCOC2)O1. The second-order valence-electron chi connectivity index (χ2n) is 7.71. The average molecular weight is 337 g/mol. The van der Waals surface area contributed by atoms with Gasteiger partial charge in [-0.05, 0) is 27.7 Å². The summed E-state index contributed by atoms with van der Waals surface area (Å²) < 4.78 is 13.4. The quantitative estimate of drug-likeness (QED) is 0.875. The van der Waals surface area contributed by atoms with Crippen molar-refractivity contribution in [1.82, 2.24) is 25.0 Å². The van der Waals surface area contributed by atoms with Gasteiger partial charge in [-0.1, -0.05) is 0 Å². The highest BCUT2D eigenvalue weighted by Gasteiger charge is 2.44. The smallest absolute Gasteiger partial charge is 0.317 e. The van der Waals surface area contributed by atoms with Crippen LogP contribution in [0.4, 0.5) is 4.79 Å². The van der Waals surface area contributed by atoms with Crippen LogP contribution in [0.3, 0.4) is 0 Å². The van der Waals surface area contributed by atoms with Gasteiger partial charge >= 0.3 is 6.03 Å². The first-order valence-electron chi connectivity index (χ1n) is 8.47. The van der Waals surface area contributed by atoms with Crippen molar-refractivity contribution in [2.45, 2.75) is 57.9 Å². The Labute approximate surface area is 142 Å². The Morgan fingerprint density at radius 2 is 2.29 bits per heavy atom. The lowest BCUT2D eigenvalue weighted by atomic mass is 9.99. The zero-order valence-electron chi connectivity index (χ0n) is 14.9. The molecule has 8 nitrogen and oxygen atoms in total. The molecule has 1 N–H and O–H groups in total. The van der Waals surface area contributed by atoms with Crippen molar-refractivity contribution in [2.75, 3.05) is 26.3 Å². The van der Waals surface area contributed by atoms with E-state index in [0.29, 0.717) is 32.8 Å². The van der Waals surface area contributed by atoms with Crippen molar-refractivity contribution in [1.29, 1.82) is 0 Å². The van der Waals surface area contributed by atoms with Crippen molar-refractivity contribution >= 4 is 6.03 Å². The second-order valence-corrected chi connectivity index (χ2v) is 7.71. The third kappa shape index (κ3) is 3.54. The lowest BCUT2D eigenvalue weighted by Gasteiger charge is -2.42. The third-order valence-electron chi connectivity index (χ3n) is 4.41. The van der Waals surface area contributed by atoms with Crippen LogP contribution in [0.5, 0.6) is 0 Å². The van der Waals surface area contributed by atoms with E-state index in [-0.39, 0.29) is 23.3 Å². The maximum absolute atomic E-state index is 12.6. The fraction of sp³-hybridized carbons (Fsp3) is 0.812. The summed E-state index contributed by atoms with van der Waals surface area (Å²) in [4.78, 5) is 18.7. The number of aromatic nitrogens is 3. The van der Waals surface area contributed by atoms with Gasteiger partial charge in [0, 0.05) is 19.6 Å². The minimum absolute atomic E-state index is 0.00410. The third-order valence-corrected chi connectivity index (χ3v) is 4.41. The molecule has 2 aliphatic heterocycles. The Morgan fingerprint density at radius 1 is 1.50 bits per heavy atom. The molecular formula is C16H27N5O3. The molecule has 1 spiro atoms. The van der Waals surface area contributed by atoms with E-state index < -0.39 is 0 Å². The number of nitrogens with one attached hydrogen (secondary N) is 1. The predicted octanol–water partition coefficient (Wildman–Crippen LogP) is 1.12. The molecule has 0 radical (unpaired) electrons. The molecule has 2 saturated heterocycles. The zero-order valence-corrected chi connectivity index (χ0v) is 14.9. The molecule has 1 aromatic rings. The van der Waals surface area contributed by atoms with E-state index in [4.69, 9.17) is 9.47 Å². The maximum atomic E-state index is 12.6. The van der Waals surface area contributed by atoms with Gasteiger partial charge in [-0.2, -0.15) is 5.10 Å². The van der Waals surface area contributed by atoms with E-state index in [2.05, 4.69) is 36.2 Å². The molecule has 3 heterocycles. The Bertz CT molecular complexity index is 589. The summed E-state index contributed by atoms with van der Waals surface area (Å²) in [5, 5.41) is 7.21. The topological polar surface area (TPSA) is 81.5 Å². The number of amides is 2. The lowest BCUT2D eigenvalue weighted by molar-refractivity contribution is -0.137. The van der Waals surface area contributed by atoms with Crippen LogP contribution in [-0.2, 0) is 21.6 Å². The maximum Gasteiger partial charge on any atom is 0.317 e. The molecular weight excluding hydrogens is 310 g/mol. The number of rotatable bonds is 2. The van der Waals surface area contributed by atoms with Crippen molar-refractivity contribution in [3.63, 3.8) is 0 Å². The van der Waals surface area contributed by atoms with Gasteiger partial charge in [-0.25, -0.2) is 14.5 Å². The van der Waals surface area contributed by atoms with Gasteiger partial charge in [0.05, 0.1) is 31.3 Å². The van der Waals surface area contributed by atoms with Crippen LogP contribution >= 0.6 is 0 Å². The fourth-order valence-corrected chi connectivity index (χ4v) is 3.40. The molecule has 2 aliphatic rings. The van der Waals surface area contributed by atoms with Crippen molar-refractivity contribution in [3.05, 3.63) is 12.2 Å². The highest BCUT2D eigenvalue weighted by molar-refractivity contribution is 5.74. The largest absolute Gasteiger partial charge is 0.378 e. The predicted molar refractivity (Wildman–Crippen MR) is 87.5 cm³/mol. The van der Waals surface area contributed by atoms with Gasteiger partial charge in [0.15, 0.2) is 0 Å². The summed E-state index contributed by atoms with van der Waals surface area (Å²) >= 11 is 0. The van der Waals surface area contributed by atoms with Gasteiger partial charge in [0.25, 0.3) is 0 Å². The van der Waals surface area contributed by atoms with Crippen molar-refractivity contribution in [2.24, 2.45) is 0 Å². The molecule has 8 heteroatoms. The number of hydrogen-bond donors (Lipinski definition) is 1. The molecule has 24 heavy (non-hydrogen) atoms. The average Bonchev–Trinajstić information content (AvgIpc) is 3.13. The molecule has 3 rings (SSSR count). The number of hydrogen-bond acceptors (Lipinski definition) is 5. The normalized spacial score (nSPS) is 27.7. The standard InChI is InChI=1S/C16H27N5O3/c1-12-8-20(9-16(24-12)5-6-23-10-16)14(22)17-7-13-18-11-19-21(13)15(2,3)4/h11-12H,5-10H2,1-4H3,(H,17,22)/t12-,16-/m1/s1. The Hall–Kier alpha value is -1.67. The number of ether oxygens (including phenoxy) is 2. The van der Waals surface area contributed by atoms with Crippen LogP contribution in [0, 0.1) is 0 Å². The van der Waals surface area contributed by atoms with E-state index in [1.54, 1.807) is 0 Å². The molecule has 134 valence electrons. The zero-order chi connectivity index (χ0) is 17.4. The van der Waals surface area contributed by atoms with Crippen molar-refractivity contribution in [3.8, 4) is 0 Å². The highest BCUT2D eigenvalue weighted by atomic mass is 16.6. The van der Waals surface area contributed by atoms with E-state index in [1.165, 1.54) is 6.33 Å². The summed E-state index contributed by atoms with van der Waals surface area (Å²) in [7, 11) is 0. The summed E-state index contributed by atoms with van der Waals surface area (Å²) in [6.07, 6.45) is 2.36. The molecule has 0 saturated carbocycles. The first kappa shape index (κ1) is 17.2. The number of urea groups is 1. The first-order valence-corrected chi connectivity index (χ1v) is 8.47. The van der Waals surface area contributed by atoms with Crippen LogP contribution < -0.4 is 5.32 Å². The van der Waals surface area contributed by atoms with E-state index in [9.17, 15) is 4.79 Å². The minimum atomic E-state index is -0.347. The molecule has 2 atom stereocenters. The Morgan fingerprint density at radius 3 is 2.96 bits per heavy atom. The van der Waals surface area contributed by atoms with Crippen LogP contribution in [0.15, 0.2) is 6.33 Å². The van der Waals surface area contributed by atoms with Gasteiger partial charge in [-0.15, -0.1) is 0 Å². The van der Waals surface area contributed by atoms with Crippen LogP contribution in [-0.4, -0.2) is 63.7 Å². The van der Waals surface area contributed by atoms with Gasteiger partial charge in [0.2, 0.25) is 0 Å². The molecule has 0 aromatic carbocycles. The number of carbonyl (C=O) groups excluding carboxylic acids is 1. The molecule has 2 fully saturated rings. The lowest BCUT2D eigenvalue weighted by Crippen LogP contribution is -2.58. The van der Waals surface area contributed by atoms with Crippen LogP contribution in [0.25, 0.3) is 0 Å². The molecule has 0 unspecified atom stereocenters. The van der Waals surface area contributed by atoms with E-state index in [0.717, 1.165) is 12.2 Å². The second kappa shape index (κ2) is 6.33. The first-order chi connectivity index (χ1) is 11.3. The Kier molecular flexibility index (Phi) is 4.52. The van der Waals surface area contributed by atoms with Gasteiger partial charge < -0.3 is 19.7 Å². The summed E-state index contributed by atoms with van der Waals surface area (Å²) in [6.45, 7) is 10.9. The molecule has 0 bridgehead atoms. The van der Waals surface area contributed by atoms with Crippen LogP contribution in [0.1, 0.15) is 39.9 Å². The minimum Gasteiger partial charge on any atom is -0.378 e. The summed E-state index contributed by atoms with van der Waals surface area (Å²) in [6, 6.07) is -0.0973. The Balaban J connectivity index is 1.62. The molecule has 0 aliphatic carbocycles. The summed E-state index contributed by atoms with van der Waals surface area (Å²) in [5.41, 5.74) is -0.518. The fourth-order valence-electron chi connectivity index (χ4n) is 3.40. The van der Waals surface area contributed by atoms with Crippen molar-refractivity contribution < 1.29 is 14.3 Å². The molecule has 1 aromatic heterocycles. The van der Waals surface area contributed by atoms with E-state index in [1.807, 2.05) is 16.5 Å². The van der Waals surface area contributed by atoms with Gasteiger partial charge in [-0.3, -0.25) is 0 Å². The van der Waals surface area contributed by atoms with E-state index >= 15 is 0 Å². The number of morpholine rings is 1. The highest BCUT2D eigenvalue weighted by Crippen LogP contribution is 2.30. The van der Waals surface area contributed by atoms with Crippen LogP contribution in [0.2, 0.25) is 0 Å². The van der Waals surface area contributed by atoms with Gasteiger partial charge in [0.1, 0.15) is 17.8 Å². The number of carbonyl (C=O) groups is 1. The monoisotopic (exact) mass is 337 g/mol. The molecule has 2 amide bonds. The number of nitrogens with zero attached hydrogens (tertiary/aromatic N) is 4.